The van der Waals surface area contributed by atoms with E-state index < -0.39 is 17.9 Å². The highest BCUT2D eigenvalue weighted by Gasteiger charge is 2.19. The lowest BCUT2D eigenvalue weighted by atomic mass is 9.83. The summed E-state index contributed by atoms with van der Waals surface area (Å²) in [5, 5.41) is 27.8. The van der Waals surface area contributed by atoms with E-state index in [2.05, 4.69) is 0 Å². The second-order valence-electron chi connectivity index (χ2n) is 8.26. The molecule has 0 aliphatic carbocycles. The molecular weight excluding hydrogens is 444 g/mol. The fourth-order valence-corrected chi connectivity index (χ4v) is 4.30. The zero-order chi connectivity index (χ0) is 25.3. The topological polar surface area (TPSA) is 112 Å². The predicted octanol–water partition coefficient (Wildman–Crippen LogP) is 6.40. The van der Waals surface area contributed by atoms with E-state index in [1.54, 1.807) is 72.8 Å². The third kappa shape index (κ3) is 4.54. The number of carbonyl (C=O) groups is 3. The lowest BCUT2D eigenvalue weighted by Gasteiger charge is -2.21. The SMILES string of the molecule is Cc1cc(-c2ccc(C(=O)O)cc2)c(C)c(-c2ccc(C(=O)O)cc2)c1-c1ccc(C(=O)O)cc1. The number of carboxylic acid groups (broad SMARTS) is 3. The van der Waals surface area contributed by atoms with Gasteiger partial charge in [-0.25, -0.2) is 14.4 Å². The first-order valence-corrected chi connectivity index (χ1v) is 10.8. The summed E-state index contributed by atoms with van der Waals surface area (Å²) in [6, 6.07) is 22.0. The monoisotopic (exact) mass is 466 g/mol. The standard InChI is InChI=1S/C29H22O6/c1-16-15-24(18-3-9-21(10-4-18)27(30)31)17(2)26(20-7-13-23(14-8-20)29(34)35)25(16)19-5-11-22(12-6-19)28(32)33/h3-15H,1-2H3,(H,30,31)(H,32,33)(H,34,35). The summed E-state index contributed by atoms with van der Waals surface area (Å²) in [7, 11) is 0. The van der Waals surface area contributed by atoms with Gasteiger partial charge in [0.1, 0.15) is 0 Å². The quantitative estimate of drug-likeness (QED) is 0.303. The molecule has 6 nitrogen and oxygen atoms in total. The van der Waals surface area contributed by atoms with Crippen LogP contribution in [0.15, 0.2) is 78.9 Å². The van der Waals surface area contributed by atoms with Crippen molar-refractivity contribution in [2.45, 2.75) is 13.8 Å². The molecule has 4 rings (SSSR count). The van der Waals surface area contributed by atoms with Crippen LogP contribution >= 0.6 is 0 Å². The van der Waals surface area contributed by atoms with Crippen LogP contribution in [-0.2, 0) is 0 Å². The molecule has 0 amide bonds. The summed E-state index contributed by atoms with van der Waals surface area (Å²) in [6.45, 7) is 3.93. The Bertz CT molecular complexity index is 1450. The molecule has 0 aliphatic rings. The van der Waals surface area contributed by atoms with Gasteiger partial charge in [-0.3, -0.25) is 0 Å². The van der Waals surface area contributed by atoms with Crippen molar-refractivity contribution in [3.63, 3.8) is 0 Å². The second-order valence-corrected chi connectivity index (χ2v) is 8.26. The van der Waals surface area contributed by atoms with Gasteiger partial charge in [-0.2, -0.15) is 0 Å². The Labute approximate surface area is 201 Å². The molecule has 0 spiro atoms. The first-order chi connectivity index (χ1) is 16.7. The highest BCUT2D eigenvalue weighted by Crippen LogP contribution is 2.42. The smallest absolute Gasteiger partial charge is 0.335 e. The molecule has 4 aromatic rings. The Morgan fingerprint density at radius 1 is 0.514 bits per heavy atom. The Hall–Kier alpha value is -4.71. The maximum absolute atomic E-state index is 11.4. The lowest BCUT2D eigenvalue weighted by molar-refractivity contribution is 0.0686. The molecule has 0 unspecified atom stereocenters. The number of aryl methyl sites for hydroxylation is 1. The van der Waals surface area contributed by atoms with Gasteiger partial charge in [-0.05, 0) is 94.8 Å². The number of rotatable bonds is 6. The van der Waals surface area contributed by atoms with E-state index in [-0.39, 0.29) is 16.7 Å². The van der Waals surface area contributed by atoms with Crippen molar-refractivity contribution in [1.29, 1.82) is 0 Å². The minimum atomic E-state index is -1.01. The molecule has 0 fully saturated rings. The third-order valence-electron chi connectivity index (χ3n) is 6.07. The van der Waals surface area contributed by atoms with Crippen LogP contribution in [0, 0.1) is 13.8 Å². The maximum atomic E-state index is 11.4. The minimum absolute atomic E-state index is 0.177. The zero-order valence-electron chi connectivity index (χ0n) is 19.1. The van der Waals surface area contributed by atoms with Crippen molar-refractivity contribution < 1.29 is 29.7 Å². The molecule has 0 atom stereocenters. The maximum Gasteiger partial charge on any atom is 0.335 e. The molecule has 174 valence electrons. The number of hydrogen-bond acceptors (Lipinski definition) is 3. The van der Waals surface area contributed by atoms with Crippen molar-refractivity contribution in [3.05, 3.63) is 107 Å². The number of aromatic carboxylic acids is 3. The van der Waals surface area contributed by atoms with Crippen molar-refractivity contribution in [2.75, 3.05) is 0 Å². The van der Waals surface area contributed by atoms with Gasteiger partial charge in [0, 0.05) is 0 Å². The van der Waals surface area contributed by atoms with E-state index in [4.69, 9.17) is 0 Å². The van der Waals surface area contributed by atoms with Crippen LogP contribution in [0.5, 0.6) is 0 Å². The molecule has 0 radical (unpaired) electrons. The zero-order valence-corrected chi connectivity index (χ0v) is 19.1. The third-order valence-corrected chi connectivity index (χ3v) is 6.07. The molecule has 0 saturated carbocycles. The van der Waals surface area contributed by atoms with E-state index in [1.165, 1.54) is 0 Å². The first kappa shape index (κ1) is 23.4. The first-order valence-electron chi connectivity index (χ1n) is 10.8. The lowest BCUT2D eigenvalue weighted by Crippen LogP contribution is -2.00. The summed E-state index contributed by atoms with van der Waals surface area (Å²) in [4.78, 5) is 34.0. The van der Waals surface area contributed by atoms with Crippen LogP contribution in [0.1, 0.15) is 42.2 Å². The van der Waals surface area contributed by atoms with E-state index in [9.17, 15) is 29.7 Å². The average Bonchev–Trinajstić information content (AvgIpc) is 2.85. The van der Waals surface area contributed by atoms with Gasteiger partial charge in [0.05, 0.1) is 16.7 Å². The van der Waals surface area contributed by atoms with Crippen molar-refractivity contribution in [3.8, 4) is 33.4 Å². The number of carboxylic acids is 3. The molecular formula is C29H22O6. The molecule has 0 bridgehead atoms. The molecule has 4 aromatic carbocycles. The van der Waals surface area contributed by atoms with E-state index in [0.717, 1.165) is 44.5 Å². The Morgan fingerprint density at radius 2 is 0.857 bits per heavy atom. The predicted molar refractivity (Wildman–Crippen MR) is 133 cm³/mol. The summed E-state index contributed by atoms with van der Waals surface area (Å²) in [5.74, 6) is -3.01. The molecule has 0 aliphatic heterocycles. The molecule has 0 aromatic heterocycles. The Morgan fingerprint density at radius 3 is 1.23 bits per heavy atom. The summed E-state index contributed by atoms with van der Waals surface area (Å²) in [6.07, 6.45) is 0. The summed E-state index contributed by atoms with van der Waals surface area (Å²) >= 11 is 0. The van der Waals surface area contributed by atoms with Crippen molar-refractivity contribution >= 4 is 17.9 Å². The van der Waals surface area contributed by atoms with Crippen LogP contribution in [-0.4, -0.2) is 33.2 Å². The van der Waals surface area contributed by atoms with Crippen LogP contribution in [0.3, 0.4) is 0 Å². The van der Waals surface area contributed by atoms with Crippen LogP contribution in [0.4, 0.5) is 0 Å². The average molecular weight is 466 g/mol. The highest BCUT2D eigenvalue weighted by atomic mass is 16.4. The van der Waals surface area contributed by atoms with E-state index in [0.29, 0.717) is 0 Å². The van der Waals surface area contributed by atoms with Crippen molar-refractivity contribution in [1.82, 2.24) is 0 Å². The molecule has 3 N–H and O–H groups in total. The van der Waals surface area contributed by atoms with Gasteiger partial charge >= 0.3 is 17.9 Å². The largest absolute Gasteiger partial charge is 0.478 e. The minimum Gasteiger partial charge on any atom is -0.478 e. The summed E-state index contributed by atoms with van der Waals surface area (Å²) in [5.41, 5.74) is 7.65. The Balaban J connectivity index is 1.97. The molecule has 6 heteroatoms. The fraction of sp³-hybridized carbons (Fsp3) is 0.0690. The van der Waals surface area contributed by atoms with Gasteiger partial charge in [-0.15, -0.1) is 0 Å². The molecule has 0 saturated heterocycles. The van der Waals surface area contributed by atoms with Gasteiger partial charge in [0.15, 0.2) is 0 Å². The second kappa shape index (κ2) is 9.27. The van der Waals surface area contributed by atoms with Gasteiger partial charge in [0.2, 0.25) is 0 Å². The Kier molecular flexibility index (Phi) is 6.21. The van der Waals surface area contributed by atoms with E-state index in [1.807, 2.05) is 19.9 Å². The molecule has 0 heterocycles. The number of benzene rings is 4. The normalized spacial score (nSPS) is 10.7. The van der Waals surface area contributed by atoms with Gasteiger partial charge in [0.25, 0.3) is 0 Å². The van der Waals surface area contributed by atoms with Crippen molar-refractivity contribution in [2.24, 2.45) is 0 Å². The fourth-order valence-electron chi connectivity index (χ4n) is 4.30. The molecule has 35 heavy (non-hydrogen) atoms. The highest BCUT2D eigenvalue weighted by molar-refractivity contribution is 5.95. The van der Waals surface area contributed by atoms with E-state index >= 15 is 0 Å². The van der Waals surface area contributed by atoms with Gasteiger partial charge in [-0.1, -0.05) is 42.5 Å². The summed E-state index contributed by atoms with van der Waals surface area (Å²) < 4.78 is 0. The van der Waals surface area contributed by atoms with Crippen LogP contribution in [0.25, 0.3) is 33.4 Å². The number of hydrogen-bond donors (Lipinski definition) is 3. The van der Waals surface area contributed by atoms with Crippen LogP contribution in [0.2, 0.25) is 0 Å². The van der Waals surface area contributed by atoms with Gasteiger partial charge < -0.3 is 15.3 Å². The van der Waals surface area contributed by atoms with Crippen LogP contribution < -0.4 is 0 Å².